The van der Waals surface area contributed by atoms with Crippen LogP contribution in [-0.2, 0) is 33.3 Å². The molecule has 0 radical (unpaired) electrons. The molecule has 2 spiro atoms. The molecular formula is C41H65NO9. The maximum Gasteiger partial charge on any atom is 0.303 e. The fourth-order valence-electron chi connectivity index (χ4n) is 14.6. The molecule has 0 aromatic rings. The largest absolute Gasteiger partial charge is 0.457 e. The van der Waals surface area contributed by atoms with Crippen LogP contribution < -0.4 is 0 Å². The second kappa shape index (κ2) is 11.6. The number of fused-ring (bicyclic) bond motifs is 4. The van der Waals surface area contributed by atoms with Gasteiger partial charge in [-0.1, -0.05) is 34.6 Å². The van der Waals surface area contributed by atoms with Crippen LogP contribution in [0.2, 0.25) is 0 Å². The summed E-state index contributed by atoms with van der Waals surface area (Å²) in [4.78, 5) is 27.3. The molecule has 0 aromatic heterocycles. The summed E-state index contributed by atoms with van der Waals surface area (Å²) in [5, 5.41) is 23.7. The molecule has 1 amide bonds. The summed E-state index contributed by atoms with van der Waals surface area (Å²) in [6, 6.07) is 0. The molecule has 14 atom stereocenters. The van der Waals surface area contributed by atoms with E-state index >= 15 is 0 Å². The highest BCUT2D eigenvalue weighted by Crippen LogP contribution is 2.89. The Kier molecular flexibility index (Phi) is 8.35. The second-order valence-corrected chi connectivity index (χ2v) is 20.5. The molecular weight excluding hydrogens is 650 g/mol. The minimum Gasteiger partial charge on any atom is -0.457 e. The zero-order valence-electron chi connectivity index (χ0n) is 32.7. The molecule has 8 rings (SSSR count). The first kappa shape index (κ1) is 36.7. The highest BCUT2D eigenvalue weighted by Gasteiger charge is 2.84. The SMILES string of the molecule is CC(=O)O[C@@H](C1C[C@@H](C)[C@H]2C(O1)[C@H](O)[C@@]1(C)C3CC[C@H]4C(C)(C)C(O[C@H]5CN(C(=O)C6(C)COC6)CCO5)CC[C@@]45C[C@@]35CC[C@]21C)C(C)(C)O. The number of esters is 1. The highest BCUT2D eigenvalue weighted by atomic mass is 16.7. The molecule has 3 heterocycles. The number of carbonyl (C=O) groups is 2. The van der Waals surface area contributed by atoms with Crippen molar-refractivity contribution >= 4 is 11.9 Å². The summed E-state index contributed by atoms with van der Waals surface area (Å²) in [5.74, 6) is 1.09. The second-order valence-electron chi connectivity index (χ2n) is 20.5. The average molecular weight is 716 g/mol. The van der Waals surface area contributed by atoms with Crippen molar-refractivity contribution in [2.45, 2.75) is 156 Å². The number of aliphatic hydroxyl groups excluding tert-OH is 1. The first-order valence-electron chi connectivity index (χ1n) is 20.1. The van der Waals surface area contributed by atoms with Gasteiger partial charge in [0, 0.05) is 18.9 Å². The number of amides is 1. The van der Waals surface area contributed by atoms with Crippen molar-refractivity contribution in [3.8, 4) is 0 Å². The lowest BCUT2D eigenvalue weighted by molar-refractivity contribution is -0.250. The summed E-state index contributed by atoms with van der Waals surface area (Å²) < 4.78 is 30.9. The molecule has 4 unspecified atom stereocenters. The van der Waals surface area contributed by atoms with E-state index in [1.54, 1.807) is 13.8 Å². The molecule has 5 saturated carbocycles. The quantitative estimate of drug-likeness (QED) is 0.362. The topological polar surface area (TPSA) is 124 Å². The molecule has 2 N–H and O–H groups in total. The van der Waals surface area contributed by atoms with Crippen LogP contribution in [-0.4, -0.2) is 102 Å². The minimum absolute atomic E-state index is 0.0479. The molecule has 0 aromatic carbocycles. The summed E-state index contributed by atoms with van der Waals surface area (Å²) in [6.07, 6.45) is 5.87. The van der Waals surface area contributed by atoms with Crippen molar-refractivity contribution in [2.24, 2.45) is 56.2 Å². The van der Waals surface area contributed by atoms with E-state index in [9.17, 15) is 19.8 Å². The van der Waals surface area contributed by atoms with Crippen LogP contribution in [0, 0.1) is 56.2 Å². The molecule has 288 valence electrons. The Morgan fingerprint density at radius 1 is 0.980 bits per heavy atom. The lowest BCUT2D eigenvalue weighted by atomic mass is 9.41. The predicted octanol–water partition coefficient (Wildman–Crippen LogP) is 5.11. The molecule has 8 fully saturated rings. The smallest absolute Gasteiger partial charge is 0.303 e. The molecule has 5 aliphatic carbocycles. The van der Waals surface area contributed by atoms with E-state index in [-0.39, 0.29) is 57.0 Å². The van der Waals surface area contributed by atoms with Crippen molar-refractivity contribution in [2.75, 3.05) is 32.9 Å². The number of ether oxygens (including phenoxy) is 5. The van der Waals surface area contributed by atoms with E-state index in [0.29, 0.717) is 51.2 Å². The molecule has 3 saturated heterocycles. The van der Waals surface area contributed by atoms with E-state index in [2.05, 4.69) is 34.6 Å². The van der Waals surface area contributed by atoms with Gasteiger partial charge < -0.3 is 38.8 Å². The van der Waals surface area contributed by atoms with Gasteiger partial charge in [0.05, 0.1) is 61.8 Å². The number of nitrogens with zero attached hydrogens (tertiary/aromatic N) is 1. The van der Waals surface area contributed by atoms with Gasteiger partial charge in [-0.3, -0.25) is 9.59 Å². The van der Waals surface area contributed by atoms with Crippen LogP contribution in [0.3, 0.4) is 0 Å². The highest BCUT2D eigenvalue weighted by molar-refractivity contribution is 5.83. The van der Waals surface area contributed by atoms with Crippen LogP contribution in [0.1, 0.15) is 114 Å². The van der Waals surface area contributed by atoms with Crippen molar-refractivity contribution in [3.05, 3.63) is 0 Å². The Morgan fingerprint density at radius 3 is 2.31 bits per heavy atom. The summed E-state index contributed by atoms with van der Waals surface area (Å²) >= 11 is 0. The number of aliphatic hydroxyl groups is 2. The van der Waals surface area contributed by atoms with Gasteiger partial charge in [0.15, 0.2) is 12.4 Å². The maximum absolute atomic E-state index is 13.3. The third-order valence-corrected chi connectivity index (χ3v) is 17.1. The van der Waals surface area contributed by atoms with Gasteiger partial charge >= 0.3 is 5.97 Å². The van der Waals surface area contributed by atoms with Crippen LogP contribution in [0.25, 0.3) is 0 Å². The van der Waals surface area contributed by atoms with Gasteiger partial charge in [0.1, 0.15) is 0 Å². The van der Waals surface area contributed by atoms with Crippen molar-refractivity contribution in [1.82, 2.24) is 4.90 Å². The van der Waals surface area contributed by atoms with Gasteiger partial charge in [-0.25, -0.2) is 0 Å². The van der Waals surface area contributed by atoms with E-state index in [1.165, 1.54) is 19.8 Å². The van der Waals surface area contributed by atoms with E-state index < -0.39 is 41.6 Å². The van der Waals surface area contributed by atoms with Crippen LogP contribution in [0.4, 0.5) is 0 Å². The van der Waals surface area contributed by atoms with Crippen molar-refractivity contribution in [1.29, 1.82) is 0 Å². The normalized spacial score (nSPS) is 49.9. The summed E-state index contributed by atoms with van der Waals surface area (Å²) in [6.45, 7) is 21.2. The number of hydrogen-bond acceptors (Lipinski definition) is 9. The summed E-state index contributed by atoms with van der Waals surface area (Å²) in [7, 11) is 0. The first-order valence-corrected chi connectivity index (χ1v) is 20.1. The molecule has 51 heavy (non-hydrogen) atoms. The molecule has 10 nitrogen and oxygen atoms in total. The maximum atomic E-state index is 13.3. The zero-order valence-corrected chi connectivity index (χ0v) is 32.7. The average Bonchev–Trinajstić information content (AvgIpc) is 3.67. The standard InChI is InChI=1S/C41H65NO9/c1-23-18-25(33(36(5,6)46)49-24(2)43)50-31-30(23)38(8)14-15-41-20-40(41)13-12-28(35(3,4)26(40)10-11-27(41)39(38,9)32(31)44)51-29-19-42(16-17-48-29)34(45)37(7)21-47-22-37/h23,25-33,44,46H,10-22H2,1-9H3/t23-,25?,26+,27?,28?,29+,30+,31?,32+,33+,38-,39-,40-,41+/m1/s1. The van der Waals surface area contributed by atoms with Crippen LogP contribution >= 0.6 is 0 Å². The van der Waals surface area contributed by atoms with E-state index in [0.717, 1.165) is 32.1 Å². The van der Waals surface area contributed by atoms with Gasteiger partial charge in [0.2, 0.25) is 5.91 Å². The number of carbonyl (C=O) groups excluding carboxylic acids is 2. The van der Waals surface area contributed by atoms with Crippen molar-refractivity contribution in [3.63, 3.8) is 0 Å². The van der Waals surface area contributed by atoms with Gasteiger partial charge in [0.25, 0.3) is 0 Å². The van der Waals surface area contributed by atoms with Gasteiger partial charge in [-0.15, -0.1) is 0 Å². The fraction of sp³-hybridized carbons (Fsp3) is 0.951. The monoisotopic (exact) mass is 715 g/mol. The molecule has 8 aliphatic rings. The third-order valence-electron chi connectivity index (χ3n) is 17.1. The number of hydrogen-bond donors (Lipinski definition) is 2. The predicted molar refractivity (Wildman–Crippen MR) is 188 cm³/mol. The Labute approximate surface area is 305 Å². The Bertz CT molecular complexity index is 1420. The molecule has 0 bridgehead atoms. The molecule has 3 aliphatic heterocycles. The molecule has 10 heteroatoms. The first-order chi connectivity index (χ1) is 23.8. The van der Waals surface area contributed by atoms with Gasteiger partial charge in [-0.2, -0.15) is 0 Å². The lowest BCUT2D eigenvalue weighted by Gasteiger charge is -2.64. The Hall–Kier alpha value is -1.30. The zero-order chi connectivity index (χ0) is 36.7. The van der Waals surface area contributed by atoms with Gasteiger partial charge in [-0.05, 0) is 117 Å². The van der Waals surface area contributed by atoms with E-state index in [1.807, 2.05) is 11.8 Å². The Morgan fingerprint density at radius 2 is 1.67 bits per heavy atom. The fourth-order valence-corrected chi connectivity index (χ4v) is 14.6. The third kappa shape index (κ3) is 4.94. The minimum atomic E-state index is -1.27. The summed E-state index contributed by atoms with van der Waals surface area (Å²) in [5.41, 5.74) is -1.68. The van der Waals surface area contributed by atoms with Crippen LogP contribution in [0.5, 0.6) is 0 Å². The Balaban J connectivity index is 1.01. The number of rotatable bonds is 6. The van der Waals surface area contributed by atoms with Crippen molar-refractivity contribution < 1.29 is 43.5 Å². The van der Waals surface area contributed by atoms with Crippen LogP contribution in [0.15, 0.2) is 0 Å². The van der Waals surface area contributed by atoms with E-state index in [4.69, 9.17) is 23.7 Å². The number of morpholine rings is 1. The lowest BCUT2D eigenvalue weighted by Crippen LogP contribution is -2.61.